The molecule has 0 unspecified atom stereocenters. The van der Waals surface area contributed by atoms with Crippen LogP contribution in [0.1, 0.15) is 31.2 Å². The Balaban J connectivity index is 1.57. The van der Waals surface area contributed by atoms with Crippen LogP contribution in [0.2, 0.25) is 0 Å². The number of nitrogens with one attached hydrogen (secondary N) is 1. The van der Waals surface area contributed by atoms with Crippen molar-refractivity contribution >= 4 is 21.6 Å². The summed E-state index contributed by atoms with van der Waals surface area (Å²) in [6.07, 6.45) is 4.64. The first-order valence-corrected chi connectivity index (χ1v) is 11.3. The molecule has 2 aliphatic rings. The van der Waals surface area contributed by atoms with Gasteiger partial charge in [-0.05, 0) is 62.3 Å². The van der Waals surface area contributed by atoms with Crippen molar-refractivity contribution in [2.24, 2.45) is 11.8 Å². The number of carbonyl (C=O) groups is 1. The molecular weight excluding hydrogens is 372 g/mol. The summed E-state index contributed by atoms with van der Waals surface area (Å²) in [6.45, 7) is 1.70. The van der Waals surface area contributed by atoms with Crippen molar-refractivity contribution in [2.75, 3.05) is 10.8 Å². The van der Waals surface area contributed by atoms with E-state index in [-0.39, 0.29) is 23.4 Å². The van der Waals surface area contributed by atoms with E-state index in [1.54, 1.807) is 48.5 Å². The first-order chi connectivity index (χ1) is 13.4. The van der Waals surface area contributed by atoms with Crippen molar-refractivity contribution in [3.05, 3.63) is 60.2 Å². The van der Waals surface area contributed by atoms with E-state index in [9.17, 15) is 13.2 Å². The Kier molecular flexibility index (Phi) is 5.15. The fraction of sp³-hybridized carbons (Fsp3) is 0.409. The van der Waals surface area contributed by atoms with Gasteiger partial charge in [0.05, 0.1) is 10.6 Å². The molecule has 148 valence electrons. The fourth-order valence-corrected chi connectivity index (χ4v) is 5.97. The Hall–Kier alpha value is -2.34. The van der Waals surface area contributed by atoms with Gasteiger partial charge in [0.2, 0.25) is 5.91 Å². The smallest absolute Gasteiger partial charge is 0.264 e. The van der Waals surface area contributed by atoms with Crippen molar-refractivity contribution in [1.29, 1.82) is 0 Å². The van der Waals surface area contributed by atoms with Crippen molar-refractivity contribution in [3.8, 4) is 0 Å². The number of rotatable bonds is 6. The third kappa shape index (κ3) is 3.78. The van der Waals surface area contributed by atoms with Gasteiger partial charge < -0.3 is 5.32 Å². The summed E-state index contributed by atoms with van der Waals surface area (Å²) in [4.78, 5) is 13.0. The number of amides is 1. The van der Waals surface area contributed by atoms with Crippen molar-refractivity contribution in [3.63, 3.8) is 0 Å². The van der Waals surface area contributed by atoms with Gasteiger partial charge in [0, 0.05) is 6.04 Å². The minimum Gasteiger partial charge on any atom is -0.352 e. The van der Waals surface area contributed by atoms with E-state index in [0.29, 0.717) is 11.6 Å². The molecule has 2 fully saturated rings. The molecule has 6 heteroatoms. The van der Waals surface area contributed by atoms with Gasteiger partial charge in [0.25, 0.3) is 10.0 Å². The van der Waals surface area contributed by atoms with Crippen LogP contribution in [0.3, 0.4) is 0 Å². The Morgan fingerprint density at radius 2 is 1.75 bits per heavy atom. The van der Waals surface area contributed by atoms with Crippen molar-refractivity contribution in [2.45, 2.75) is 43.5 Å². The molecule has 0 heterocycles. The Morgan fingerprint density at radius 3 is 2.36 bits per heavy atom. The number of anilines is 1. The quantitative estimate of drug-likeness (QED) is 0.810. The molecule has 2 aromatic carbocycles. The molecule has 0 spiro atoms. The Labute approximate surface area is 166 Å². The Morgan fingerprint density at radius 1 is 1.04 bits per heavy atom. The SMILES string of the molecule is Cc1ccc(S(=O)(=O)N(CC(=O)N[C@H]2C[C@@H]3CC[C@H]2C3)c2ccccc2)cc1. The molecule has 4 rings (SSSR count). The van der Waals surface area contributed by atoms with E-state index in [4.69, 9.17) is 0 Å². The zero-order chi connectivity index (χ0) is 19.7. The molecule has 1 amide bonds. The summed E-state index contributed by atoms with van der Waals surface area (Å²) in [5.41, 5.74) is 1.48. The predicted octanol–water partition coefficient (Wildman–Crippen LogP) is 3.50. The van der Waals surface area contributed by atoms with Crippen molar-refractivity contribution < 1.29 is 13.2 Å². The van der Waals surface area contributed by atoms with Crippen LogP contribution in [0.25, 0.3) is 0 Å². The van der Waals surface area contributed by atoms with Gasteiger partial charge in [-0.1, -0.05) is 42.3 Å². The number of carbonyl (C=O) groups excluding carboxylic acids is 1. The highest BCUT2D eigenvalue weighted by Gasteiger charge is 2.40. The van der Waals surface area contributed by atoms with E-state index in [1.807, 2.05) is 13.0 Å². The van der Waals surface area contributed by atoms with Crippen LogP contribution >= 0.6 is 0 Å². The zero-order valence-corrected chi connectivity index (χ0v) is 16.9. The maximum atomic E-state index is 13.3. The normalized spacial score (nSPS) is 23.5. The molecule has 0 radical (unpaired) electrons. The van der Waals surface area contributed by atoms with Gasteiger partial charge in [-0.25, -0.2) is 8.42 Å². The minimum absolute atomic E-state index is 0.186. The number of fused-ring (bicyclic) bond motifs is 2. The van der Waals surface area contributed by atoms with Gasteiger partial charge >= 0.3 is 0 Å². The summed E-state index contributed by atoms with van der Waals surface area (Å²) in [6, 6.07) is 15.7. The van der Waals surface area contributed by atoms with E-state index >= 15 is 0 Å². The highest BCUT2D eigenvalue weighted by molar-refractivity contribution is 7.92. The highest BCUT2D eigenvalue weighted by atomic mass is 32.2. The van der Waals surface area contributed by atoms with E-state index < -0.39 is 10.0 Å². The van der Waals surface area contributed by atoms with Crippen LogP contribution in [0.15, 0.2) is 59.5 Å². The van der Waals surface area contributed by atoms with Gasteiger partial charge in [-0.3, -0.25) is 9.10 Å². The molecule has 1 N–H and O–H groups in total. The third-order valence-electron chi connectivity index (χ3n) is 6.02. The summed E-state index contributed by atoms with van der Waals surface area (Å²) >= 11 is 0. The lowest BCUT2D eigenvalue weighted by Crippen LogP contribution is -2.45. The number of aryl methyl sites for hydroxylation is 1. The minimum atomic E-state index is -3.84. The van der Waals surface area contributed by atoms with Crippen LogP contribution in [-0.4, -0.2) is 26.9 Å². The number of benzene rings is 2. The van der Waals surface area contributed by atoms with Gasteiger partial charge in [-0.15, -0.1) is 0 Å². The highest BCUT2D eigenvalue weighted by Crippen LogP contribution is 2.44. The molecule has 28 heavy (non-hydrogen) atoms. The average Bonchev–Trinajstić information content (AvgIpc) is 3.30. The molecule has 0 aromatic heterocycles. The number of sulfonamides is 1. The second-order valence-corrected chi connectivity index (χ2v) is 9.87. The summed E-state index contributed by atoms with van der Waals surface area (Å²) < 4.78 is 27.8. The summed E-state index contributed by atoms with van der Waals surface area (Å²) in [5.74, 6) is 1.03. The van der Waals surface area contributed by atoms with Crippen LogP contribution in [0, 0.1) is 18.8 Å². The Bertz CT molecular complexity index is 942. The van der Waals surface area contributed by atoms with Crippen LogP contribution < -0.4 is 9.62 Å². The lowest BCUT2D eigenvalue weighted by Gasteiger charge is -2.27. The van der Waals surface area contributed by atoms with Crippen LogP contribution in [0.5, 0.6) is 0 Å². The second kappa shape index (κ2) is 7.59. The number of hydrogen-bond acceptors (Lipinski definition) is 3. The molecule has 0 aliphatic heterocycles. The van der Waals surface area contributed by atoms with Crippen molar-refractivity contribution in [1.82, 2.24) is 5.32 Å². The maximum absolute atomic E-state index is 13.3. The second-order valence-electron chi connectivity index (χ2n) is 8.01. The fourth-order valence-electron chi connectivity index (χ4n) is 4.55. The molecule has 3 atom stereocenters. The maximum Gasteiger partial charge on any atom is 0.264 e. The monoisotopic (exact) mass is 398 g/mol. The molecular formula is C22H26N2O3S. The average molecular weight is 399 g/mol. The molecule has 5 nitrogen and oxygen atoms in total. The molecule has 2 aromatic rings. The van der Waals surface area contributed by atoms with Gasteiger partial charge in [0.1, 0.15) is 6.54 Å². The van der Waals surface area contributed by atoms with E-state index in [1.165, 1.54) is 23.6 Å². The van der Waals surface area contributed by atoms with Gasteiger partial charge in [0.15, 0.2) is 0 Å². The lowest BCUT2D eigenvalue weighted by atomic mass is 9.95. The van der Waals surface area contributed by atoms with Crippen LogP contribution in [-0.2, 0) is 14.8 Å². The number of nitrogens with zero attached hydrogens (tertiary/aromatic N) is 1. The standard InChI is InChI=1S/C22H26N2O3S/c1-16-7-11-20(12-8-16)28(26,27)24(19-5-3-2-4-6-19)15-22(25)23-21-14-17-9-10-18(21)13-17/h2-8,11-12,17-18,21H,9-10,13-15H2,1H3,(H,23,25)/t17-,18+,21+/m1/s1. The molecule has 2 saturated carbocycles. The van der Waals surface area contributed by atoms with Gasteiger partial charge in [-0.2, -0.15) is 0 Å². The zero-order valence-electron chi connectivity index (χ0n) is 16.0. The molecule has 2 aliphatic carbocycles. The predicted molar refractivity (Wildman–Crippen MR) is 110 cm³/mol. The number of hydrogen-bond donors (Lipinski definition) is 1. The van der Waals surface area contributed by atoms with Crippen LogP contribution in [0.4, 0.5) is 5.69 Å². The molecule has 2 bridgehead atoms. The van der Waals surface area contributed by atoms with E-state index in [2.05, 4.69) is 5.32 Å². The topological polar surface area (TPSA) is 66.5 Å². The first kappa shape index (κ1) is 19.0. The third-order valence-corrected chi connectivity index (χ3v) is 7.81. The summed E-state index contributed by atoms with van der Waals surface area (Å²) in [5, 5.41) is 3.10. The largest absolute Gasteiger partial charge is 0.352 e. The molecule has 0 saturated heterocycles. The lowest BCUT2D eigenvalue weighted by molar-refractivity contribution is -0.120. The number of para-hydroxylation sites is 1. The first-order valence-electron chi connectivity index (χ1n) is 9.87. The summed E-state index contributed by atoms with van der Waals surface area (Å²) in [7, 11) is -3.84. The van der Waals surface area contributed by atoms with E-state index in [0.717, 1.165) is 17.9 Å².